The molecule has 7 nitrogen and oxygen atoms in total. The van der Waals surface area contributed by atoms with Crippen LogP contribution in [0.3, 0.4) is 0 Å². The van der Waals surface area contributed by atoms with Crippen LogP contribution >= 0.6 is 0 Å². The fourth-order valence-electron chi connectivity index (χ4n) is 1.95. The van der Waals surface area contributed by atoms with Crippen LogP contribution in [-0.4, -0.2) is 49.4 Å². The van der Waals surface area contributed by atoms with Gasteiger partial charge in [0.2, 0.25) is 5.91 Å². The number of anilines is 1. The van der Waals surface area contributed by atoms with Gasteiger partial charge < -0.3 is 25.2 Å². The van der Waals surface area contributed by atoms with Gasteiger partial charge in [0.15, 0.2) is 6.61 Å². The van der Waals surface area contributed by atoms with E-state index in [1.807, 2.05) is 0 Å². The van der Waals surface area contributed by atoms with Crippen molar-refractivity contribution < 1.29 is 24.2 Å². The second-order valence-electron chi connectivity index (χ2n) is 4.66. The van der Waals surface area contributed by atoms with Crippen molar-refractivity contribution in [1.29, 1.82) is 0 Å². The lowest BCUT2D eigenvalue weighted by molar-refractivity contribution is -0.139. The molecule has 0 spiro atoms. The number of benzene rings is 1. The van der Waals surface area contributed by atoms with E-state index in [1.54, 1.807) is 24.3 Å². The summed E-state index contributed by atoms with van der Waals surface area (Å²) in [5.41, 5.74) is 0.631. The van der Waals surface area contributed by atoms with Gasteiger partial charge in [-0.1, -0.05) is 0 Å². The molecular weight excluding hydrogens is 276 g/mol. The first-order chi connectivity index (χ1) is 10.1. The van der Waals surface area contributed by atoms with E-state index in [-0.39, 0.29) is 12.0 Å². The van der Waals surface area contributed by atoms with Crippen LogP contribution in [0.1, 0.15) is 6.42 Å². The molecule has 1 aromatic carbocycles. The molecule has 21 heavy (non-hydrogen) atoms. The smallest absolute Gasteiger partial charge is 0.341 e. The van der Waals surface area contributed by atoms with Gasteiger partial charge in [0.05, 0.1) is 19.1 Å². The molecule has 0 radical (unpaired) electrons. The van der Waals surface area contributed by atoms with E-state index in [0.29, 0.717) is 31.0 Å². The topological polar surface area (TPSA) is 96.9 Å². The summed E-state index contributed by atoms with van der Waals surface area (Å²) < 4.78 is 10.5. The average Bonchev–Trinajstić information content (AvgIpc) is 2.47. The Bertz CT molecular complexity index is 483. The van der Waals surface area contributed by atoms with Crippen LogP contribution in [0.2, 0.25) is 0 Å². The molecule has 1 aliphatic rings. The van der Waals surface area contributed by atoms with Crippen molar-refractivity contribution in [2.24, 2.45) is 0 Å². The van der Waals surface area contributed by atoms with Gasteiger partial charge in [0.1, 0.15) is 5.75 Å². The van der Waals surface area contributed by atoms with Crippen LogP contribution in [0, 0.1) is 0 Å². The van der Waals surface area contributed by atoms with Gasteiger partial charge in [-0.2, -0.15) is 0 Å². The third-order valence-electron chi connectivity index (χ3n) is 2.92. The van der Waals surface area contributed by atoms with Gasteiger partial charge in [0, 0.05) is 18.8 Å². The first-order valence-corrected chi connectivity index (χ1v) is 6.70. The van der Waals surface area contributed by atoms with Crippen molar-refractivity contribution in [1.82, 2.24) is 5.32 Å². The van der Waals surface area contributed by atoms with Crippen LogP contribution in [0.5, 0.6) is 5.75 Å². The maximum Gasteiger partial charge on any atom is 0.341 e. The Morgan fingerprint density at radius 2 is 2.14 bits per heavy atom. The van der Waals surface area contributed by atoms with Crippen LogP contribution in [0.4, 0.5) is 5.69 Å². The molecule has 114 valence electrons. The van der Waals surface area contributed by atoms with Crippen LogP contribution in [0.15, 0.2) is 24.3 Å². The third-order valence-corrected chi connectivity index (χ3v) is 2.92. The summed E-state index contributed by atoms with van der Waals surface area (Å²) in [7, 11) is 0. The molecule has 1 atom stereocenters. The Morgan fingerprint density at radius 1 is 1.38 bits per heavy atom. The van der Waals surface area contributed by atoms with E-state index in [9.17, 15) is 9.59 Å². The Kier molecular flexibility index (Phi) is 5.53. The molecule has 0 bridgehead atoms. The van der Waals surface area contributed by atoms with Gasteiger partial charge in [-0.3, -0.25) is 4.79 Å². The fourth-order valence-corrected chi connectivity index (χ4v) is 1.95. The number of amides is 1. The van der Waals surface area contributed by atoms with E-state index >= 15 is 0 Å². The van der Waals surface area contributed by atoms with Crippen molar-refractivity contribution in [2.75, 3.05) is 31.6 Å². The number of carboxylic acids is 1. The van der Waals surface area contributed by atoms with Crippen molar-refractivity contribution in [3.63, 3.8) is 0 Å². The van der Waals surface area contributed by atoms with Crippen molar-refractivity contribution >= 4 is 17.6 Å². The molecule has 0 saturated carbocycles. The highest BCUT2D eigenvalue weighted by Gasteiger charge is 2.17. The third kappa shape index (κ3) is 5.41. The predicted octanol–water partition coefficient (Wildman–Crippen LogP) is 0.467. The van der Waals surface area contributed by atoms with Crippen molar-refractivity contribution in [3.8, 4) is 5.75 Å². The molecule has 3 N–H and O–H groups in total. The summed E-state index contributed by atoms with van der Waals surface area (Å²) in [6, 6.07) is 6.54. The van der Waals surface area contributed by atoms with Crippen LogP contribution < -0.4 is 15.4 Å². The second-order valence-corrected chi connectivity index (χ2v) is 4.66. The van der Waals surface area contributed by atoms with Crippen molar-refractivity contribution in [3.05, 3.63) is 24.3 Å². The number of rotatable bonds is 6. The number of carbonyl (C=O) groups is 2. The van der Waals surface area contributed by atoms with Crippen molar-refractivity contribution in [2.45, 2.75) is 12.5 Å². The molecule has 0 aliphatic carbocycles. The number of nitrogens with one attached hydrogen (secondary N) is 2. The molecular formula is C14H18N2O5. The van der Waals surface area contributed by atoms with Crippen LogP contribution in [-0.2, 0) is 14.3 Å². The minimum absolute atomic E-state index is 0.100. The zero-order valence-corrected chi connectivity index (χ0v) is 11.5. The number of hydrogen-bond acceptors (Lipinski definition) is 5. The summed E-state index contributed by atoms with van der Waals surface area (Å²) in [4.78, 5) is 22.2. The number of morpholine rings is 1. The molecule has 1 saturated heterocycles. The number of carbonyl (C=O) groups excluding carboxylic acids is 1. The van der Waals surface area contributed by atoms with E-state index in [4.69, 9.17) is 14.6 Å². The highest BCUT2D eigenvalue weighted by atomic mass is 16.5. The molecule has 1 aliphatic heterocycles. The molecule has 1 fully saturated rings. The Labute approximate surface area is 122 Å². The van der Waals surface area contributed by atoms with E-state index in [1.165, 1.54) is 0 Å². The molecule has 0 aromatic heterocycles. The minimum Gasteiger partial charge on any atom is -0.482 e. The van der Waals surface area contributed by atoms with E-state index in [0.717, 1.165) is 6.54 Å². The standard InChI is InChI=1S/C14H18N2O5/c17-13(7-12-8-15-5-6-20-12)16-10-1-3-11(4-2-10)21-9-14(18)19/h1-4,12,15H,5-9H2,(H,16,17)(H,18,19). The maximum absolute atomic E-state index is 11.9. The average molecular weight is 294 g/mol. The van der Waals surface area contributed by atoms with Gasteiger partial charge in [-0.15, -0.1) is 0 Å². The van der Waals surface area contributed by atoms with Gasteiger partial charge >= 0.3 is 5.97 Å². The number of ether oxygens (including phenoxy) is 2. The lowest BCUT2D eigenvalue weighted by Crippen LogP contribution is -2.40. The Morgan fingerprint density at radius 3 is 2.76 bits per heavy atom. The predicted molar refractivity (Wildman–Crippen MR) is 75.4 cm³/mol. The fraction of sp³-hybridized carbons (Fsp3) is 0.429. The highest BCUT2D eigenvalue weighted by molar-refractivity contribution is 5.91. The molecule has 1 heterocycles. The molecule has 7 heteroatoms. The molecule has 2 rings (SSSR count). The van der Waals surface area contributed by atoms with Gasteiger partial charge in [-0.25, -0.2) is 4.79 Å². The SMILES string of the molecule is O=C(O)COc1ccc(NC(=O)CC2CNCCO2)cc1. The summed E-state index contributed by atoms with van der Waals surface area (Å²) >= 11 is 0. The second kappa shape index (κ2) is 7.61. The monoisotopic (exact) mass is 294 g/mol. The van der Waals surface area contributed by atoms with E-state index < -0.39 is 12.6 Å². The van der Waals surface area contributed by atoms with Gasteiger partial charge in [0.25, 0.3) is 0 Å². The molecule has 1 aromatic rings. The zero-order valence-electron chi connectivity index (χ0n) is 11.5. The Balaban J connectivity index is 1.79. The highest BCUT2D eigenvalue weighted by Crippen LogP contribution is 2.16. The normalized spacial score (nSPS) is 18.0. The largest absolute Gasteiger partial charge is 0.482 e. The molecule has 1 unspecified atom stereocenters. The quantitative estimate of drug-likeness (QED) is 0.705. The number of carboxylic acid groups (broad SMARTS) is 1. The lowest BCUT2D eigenvalue weighted by Gasteiger charge is -2.23. The first-order valence-electron chi connectivity index (χ1n) is 6.70. The number of hydrogen-bond donors (Lipinski definition) is 3. The summed E-state index contributed by atoms with van der Waals surface area (Å²) in [5, 5.41) is 14.4. The minimum atomic E-state index is -1.03. The first kappa shape index (κ1) is 15.3. The lowest BCUT2D eigenvalue weighted by atomic mass is 10.2. The summed E-state index contributed by atoms with van der Waals surface area (Å²) in [5.74, 6) is -0.716. The number of aliphatic carboxylic acids is 1. The van der Waals surface area contributed by atoms with Crippen LogP contribution in [0.25, 0.3) is 0 Å². The maximum atomic E-state index is 11.9. The Hall–Kier alpha value is -2.12. The zero-order chi connectivity index (χ0) is 15.1. The van der Waals surface area contributed by atoms with Gasteiger partial charge in [-0.05, 0) is 24.3 Å². The summed E-state index contributed by atoms with van der Waals surface area (Å²) in [6.07, 6.45) is 0.196. The van der Waals surface area contributed by atoms with E-state index in [2.05, 4.69) is 10.6 Å². The molecule has 1 amide bonds. The summed E-state index contributed by atoms with van der Waals surface area (Å²) in [6.45, 7) is 1.72.